The second-order valence-corrected chi connectivity index (χ2v) is 21.3. The minimum absolute atomic E-state index is 0.0205. The van der Waals surface area contributed by atoms with Crippen LogP contribution in [0, 0.1) is 33.1 Å². The van der Waals surface area contributed by atoms with Crippen molar-refractivity contribution in [2.24, 2.45) is 10.4 Å². The average Bonchev–Trinajstić information content (AvgIpc) is 4.06. The lowest BCUT2D eigenvalue weighted by Gasteiger charge is -2.35. The van der Waals surface area contributed by atoms with E-state index in [1.54, 1.807) is 22.7 Å². The normalized spacial score (nSPS) is 17.3. The van der Waals surface area contributed by atoms with Gasteiger partial charge in [-0.1, -0.05) is 94.5 Å². The number of aryl methyl sites for hydroxylation is 3. The number of carbonyl (C=O) groups is 4. The van der Waals surface area contributed by atoms with Gasteiger partial charge in [-0.05, 0) is 74.8 Å². The van der Waals surface area contributed by atoms with Crippen molar-refractivity contribution in [3.8, 4) is 15.4 Å². The summed E-state index contributed by atoms with van der Waals surface area (Å²) in [5.74, 6) is 0.345. The number of carbonyl (C=O) groups excluding carboxylic acids is 4. The highest BCUT2D eigenvalue weighted by molar-refractivity contribution is 7.15. The Labute approximate surface area is 406 Å². The van der Waals surface area contributed by atoms with E-state index in [1.165, 1.54) is 9.78 Å². The summed E-state index contributed by atoms with van der Waals surface area (Å²) in [6.07, 6.45) is 4.84. The number of thiophene rings is 1. The maximum atomic E-state index is 14.1. The van der Waals surface area contributed by atoms with Crippen LogP contribution in [0.1, 0.15) is 129 Å². The predicted octanol–water partition coefficient (Wildman–Crippen LogP) is 8.28. The summed E-state index contributed by atoms with van der Waals surface area (Å²) in [7, 11) is 0. The van der Waals surface area contributed by atoms with E-state index in [0.717, 1.165) is 87.0 Å². The van der Waals surface area contributed by atoms with Gasteiger partial charge in [0.15, 0.2) is 5.82 Å². The third kappa shape index (κ3) is 11.9. The quantitative estimate of drug-likeness (QED) is 0.0633. The Balaban J connectivity index is 0.832. The van der Waals surface area contributed by atoms with Crippen LogP contribution in [-0.2, 0) is 25.7 Å². The van der Waals surface area contributed by atoms with Crippen molar-refractivity contribution in [2.45, 2.75) is 137 Å². The molecular formula is C50H62ClN9O5S2. The third-order valence-corrected chi connectivity index (χ3v) is 15.0. The summed E-state index contributed by atoms with van der Waals surface area (Å²) < 4.78 is 2.04. The number of nitrogens with zero attached hydrogens (tertiary/aromatic N) is 6. The van der Waals surface area contributed by atoms with Crippen molar-refractivity contribution < 1.29 is 24.3 Å². The van der Waals surface area contributed by atoms with E-state index in [1.807, 2.05) is 93.2 Å². The fraction of sp³-hybridized carbons (Fsp3) is 0.480. The molecule has 0 saturated carbocycles. The molecular weight excluding hydrogens is 906 g/mol. The zero-order valence-electron chi connectivity index (χ0n) is 39.4. The number of hydrogen-bond donors (Lipinski definition) is 4. The average molecular weight is 969 g/mol. The number of benzene rings is 2. The van der Waals surface area contributed by atoms with Crippen molar-refractivity contribution in [3.05, 3.63) is 104 Å². The van der Waals surface area contributed by atoms with Crippen molar-refractivity contribution in [1.29, 1.82) is 0 Å². The fourth-order valence-corrected chi connectivity index (χ4v) is 10.9. The van der Waals surface area contributed by atoms with Gasteiger partial charge in [-0.15, -0.1) is 32.9 Å². The van der Waals surface area contributed by atoms with E-state index in [2.05, 4.69) is 45.0 Å². The highest BCUT2D eigenvalue weighted by Crippen LogP contribution is 2.40. The molecule has 1 unspecified atom stereocenters. The van der Waals surface area contributed by atoms with Crippen LogP contribution in [0.3, 0.4) is 0 Å². The van der Waals surface area contributed by atoms with Crippen LogP contribution in [0.15, 0.2) is 59.0 Å². The van der Waals surface area contributed by atoms with Gasteiger partial charge in [-0.2, -0.15) is 0 Å². The monoisotopic (exact) mass is 967 g/mol. The van der Waals surface area contributed by atoms with Gasteiger partial charge in [0.25, 0.3) is 0 Å². The number of nitrogens with one attached hydrogen (secondary N) is 3. The van der Waals surface area contributed by atoms with Crippen LogP contribution in [0.4, 0.5) is 0 Å². The van der Waals surface area contributed by atoms with Crippen LogP contribution >= 0.6 is 34.3 Å². The second kappa shape index (κ2) is 21.8. The SMILES string of the molecule is Cc1ncsc1-c1ccc(CNC(=O)[C@@H]2C[C@@H](O)CN2C(=O)C(NC(=O)CCCCCCCCNC(=O)C[C@@H]2N=C(c3ccc(Cl)cc3)c3c(sc(C)c3C)-n3c(C)nnc32)C(C)(C)C)cc1. The summed E-state index contributed by atoms with van der Waals surface area (Å²) in [6.45, 7) is 14.6. The maximum absolute atomic E-state index is 14.1. The number of aliphatic hydroxyl groups is 1. The molecule has 2 aliphatic heterocycles. The minimum Gasteiger partial charge on any atom is -0.391 e. The van der Waals surface area contributed by atoms with Gasteiger partial charge >= 0.3 is 0 Å². The first-order valence-electron chi connectivity index (χ1n) is 23.2. The molecule has 356 valence electrons. The van der Waals surface area contributed by atoms with E-state index in [9.17, 15) is 24.3 Å². The Morgan fingerprint density at radius 3 is 2.25 bits per heavy atom. The number of rotatable bonds is 18. The summed E-state index contributed by atoms with van der Waals surface area (Å²) in [5.41, 5.74) is 8.02. The summed E-state index contributed by atoms with van der Waals surface area (Å²) >= 11 is 9.50. The van der Waals surface area contributed by atoms with Crippen LogP contribution in [0.25, 0.3) is 15.4 Å². The number of likely N-dealkylation sites (tertiary alicyclic amines) is 1. The number of aliphatic hydroxyl groups excluding tert-OH is 1. The number of unbranched alkanes of at least 4 members (excludes halogenated alkanes) is 5. The van der Waals surface area contributed by atoms with E-state index >= 15 is 0 Å². The zero-order valence-corrected chi connectivity index (χ0v) is 41.8. The lowest BCUT2D eigenvalue weighted by atomic mass is 9.85. The molecule has 2 aromatic carbocycles. The van der Waals surface area contributed by atoms with Crippen molar-refractivity contribution in [2.75, 3.05) is 13.1 Å². The second-order valence-electron chi connectivity index (χ2n) is 18.8. The third-order valence-electron chi connectivity index (χ3n) is 12.6. The van der Waals surface area contributed by atoms with Gasteiger partial charge in [-0.3, -0.25) is 28.7 Å². The highest BCUT2D eigenvalue weighted by Gasteiger charge is 2.44. The van der Waals surface area contributed by atoms with Gasteiger partial charge in [0.05, 0.1) is 34.3 Å². The Morgan fingerprint density at radius 1 is 0.881 bits per heavy atom. The smallest absolute Gasteiger partial charge is 0.246 e. The molecule has 2 aliphatic rings. The number of hydrogen-bond acceptors (Lipinski definition) is 11. The molecule has 4 amide bonds. The summed E-state index contributed by atoms with van der Waals surface area (Å²) in [6, 6.07) is 13.3. The molecule has 67 heavy (non-hydrogen) atoms. The van der Waals surface area contributed by atoms with Gasteiger partial charge in [-0.25, -0.2) is 4.98 Å². The molecule has 5 aromatic rings. The van der Waals surface area contributed by atoms with Crippen LogP contribution in [-0.4, -0.2) is 90.4 Å². The van der Waals surface area contributed by atoms with Gasteiger partial charge in [0, 0.05) is 53.5 Å². The highest BCUT2D eigenvalue weighted by atomic mass is 35.5. The standard InChI is InChI=1S/C50H62ClN9O5S2/c1-29-31(3)67-49-42(29)43(34-19-21-36(51)22-20-34)55-38(46-58-57-32(4)60(46)49)25-41(63)52-23-13-11-9-8-10-12-14-40(62)56-45(50(5,6)7)48(65)59-27-37(61)24-39(59)47(64)53-26-33-15-17-35(18-16-33)44-30(2)54-28-66-44/h15-22,28,37-39,45,61H,8-14,23-27H2,1-7H3,(H,52,63)(H,53,64)(H,56,62)/t37-,38+,39+,45?/m1/s1. The molecule has 5 heterocycles. The van der Waals surface area contributed by atoms with Gasteiger partial charge in [0.2, 0.25) is 23.6 Å². The van der Waals surface area contributed by atoms with Crippen molar-refractivity contribution >= 4 is 63.6 Å². The van der Waals surface area contributed by atoms with Gasteiger partial charge < -0.3 is 26.0 Å². The lowest BCUT2D eigenvalue weighted by Crippen LogP contribution is -2.57. The number of β-amino-alcohol motifs (C(OH)–C–C–N with tert-alkyl or cyclic N) is 1. The molecule has 0 radical (unpaired) electrons. The zero-order chi connectivity index (χ0) is 48.0. The number of halogens is 1. The lowest BCUT2D eigenvalue weighted by molar-refractivity contribution is -0.144. The molecule has 14 nitrogen and oxygen atoms in total. The molecule has 4 atom stereocenters. The summed E-state index contributed by atoms with van der Waals surface area (Å²) in [5, 5.41) is 30.2. The Hall–Kier alpha value is -5.29. The number of thiazole rings is 1. The number of amides is 4. The van der Waals surface area contributed by atoms with E-state index in [0.29, 0.717) is 23.8 Å². The summed E-state index contributed by atoms with van der Waals surface area (Å²) in [4.78, 5) is 67.4. The first kappa shape index (κ1) is 49.6. The maximum Gasteiger partial charge on any atom is 0.246 e. The van der Waals surface area contributed by atoms with Crippen LogP contribution in [0.2, 0.25) is 5.02 Å². The van der Waals surface area contributed by atoms with E-state index in [-0.39, 0.29) is 56.0 Å². The first-order chi connectivity index (χ1) is 32.0. The minimum atomic E-state index is -0.872. The van der Waals surface area contributed by atoms with Crippen molar-refractivity contribution in [3.63, 3.8) is 0 Å². The number of aliphatic imine (C=N–C) groups is 1. The molecule has 1 fully saturated rings. The number of fused-ring (bicyclic) bond motifs is 3. The van der Waals surface area contributed by atoms with Crippen molar-refractivity contribution in [1.82, 2.24) is 40.6 Å². The van der Waals surface area contributed by atoms with Gasteiger partial charge in [0.1, 0.15) is 29.0 Å². The Bertz CT molecular complexity index is 2600. The molecule has 7 rings (SSSR count). The molecule has 1 saturated heterocycles. The molecule has 4 N–H and O–H groups in total. The fourth-order valence-electron chi connectivity index (χ4n) is 8.74. The van der Waals surface area contributed by atoms with E-state index < -0.39 is 29.6 Å². The molecule has 0 spiro atoms. The number of aromatic nitrogens is 4. The Morgan fingerprint density at radius 2 is 1.57 bits per heavy atom. The molecule has 0 bridgehead atoms. The van der Waals surface area contributed by atoms with E-state index in [4.69, 9.17) is 16.6 Å². The van der Waals surface area contributed by atoms with Crippen LogP contribution in [0.5, 0.6) is 0 Å². The topological polar surface area (TPSA) is 184 Å². The molecule has 3 aromatic heterocycles. The van der Waals surface area contributed by atoms with Crippen LogP contribution < -0.4 is 16.0 Å². The predicted molar refractivity (Wildman–Crippen MR) is 265 cm³/mol. The Kier molecular flexibility index (Phi) is 16.1. The molecule has 17 heteroatoms. The largest absolute Gasteiger partial charge is 0.391 e. The molecule has 0 aliphatic carbocycles. The first-order valence-corrected chi connectivity index (χ1v) is 25.3.